The smallest absolute Gasteiger partial charge is 0.314 e. The molecule has 0 N–H and O–H groups in total. The molecule has 142 valence electrons. The summed E-state index contributed by atoms with van der Waals surface area (Å²) >= 11 is 0. The Balaban J connectivity index is 1.86. The van der Waals surface area contributed by atoms with Crippen molar-refractivity contribution in [2.75, 3.05) is 19.7 Å². The van der Waals surface area contributed by atoms with Gasteiger partial charge in [0, 0.05) is 31.0 Å². The highest BCUT2D eigenvalue weighted by Crippen LogP contribution is 2.36. The number of hydrogen-bond donors (Lipinski definition) is 0. The molecule has 0 saturated carbocycles. The van der Waals surface area contributed by atoms with Gasteiger partial charge in [-0.2, -0.15) is 0 Å². The number of carbonyl (C=O) groups is 2. The molecule has 0 unspecified atom stereocenters. The first kappa shape index (κ1) is 19.0. The van der Waals surface area contributed by atoms with Crippen LogP contribution >= 0.6 is 0 Å². The average molecular weight is 370 g/mol. The Morgan fingerprint density at radius 1 is 1.19 bits per heavy atom. The predicted octanol–water partition coefficient (Wildman–Crippen LogP) is 3.25. The van der Waals surface area contributed by atoms with Crippen LogP contribution in [0.4, 0.5) is 4.39 Å². The summed E-state index contributed by atoms with van der Waals surface area (Å²) in [7, 11) is 0. The molecule has 1 atom stereocenters. The van der Waals surface area contributed by atoms with Crippen LogP contribution in [0.2, 0.25) is 0 Å². The fraction of sp³-hybridized carbons (Fsp3) is 0.381. The van der Waals surface area contributed by atoms with Crippen LogP contribution in [0.5, 0.6) is 0 Å². The Bertz CT molecular complexity index is 795. The van der Waals surface area contributed by atoms with Gasteiger partial charge in [0.15, 0.2) is 0 Å². The summed E-state index contributed by atoms with van der Waals surface area (Å²) in [5, 5.41) is 0. The molecule has 0 radical (unpaired) electrons. The van der Waals surface area contributed by atoms with E-state index in [0.717, 1.165) is 5.56 Å². The minimum absolute atomic E-state index is 0.120. The Morgan fingerprint density at radius 3 is 2.56 bits per heavy atom. The molecule has 1 aliphatic heterocycles. The lowest BCUT2D eigenvalue weighted by atomic mass is 9.75. The van der Waals surface area contributed by atoms with Crippen LogP contribution in [-0.2, 0) is 16.0 Å². The zero-order valence-electron chi connectivity index (χ0n) is 15.4. The van der Waals surface area contributed by atoms with Gasteiger partial charge in [0.05, 0.1) is 12.0 Å². The third-order valence-corrected chi connectivity index (χ3v) is 4.96. The number of ether oxygens (including phenoxy) is 1. The first-order valence-electron chi connectivity index (χ1n) is 9.15. The van der Waals surface area contributed by atoms with Crippen molar-refractivity contribution in [1.82, 2.24) is 9.88 Å². The zero-order valence-corrected chi connectivity index (χ0v) is 15.4. The topological polar surface area (TPSA) is 59.5 Å². The van der Waals surface area contributed by atoms with E-state index in [1.165, 1.54) is 12.1 Å². The Hall–Kier alpha value is -2.76. The summed E-state index contributed by atoms with van der Waals surface area (Å²) in [6, 6.07) is 9.47. The van der Waals surface area contributed by atoms with E-state index in [1.54, 1.807) is 48.5 Å². The number of halogens is 1. The molecule has 1 saturated heterocycles. The minimum Gasteiger partial charge on any atom is -0.466 e. The largest absolute Gasteiger partial charge is 0.466 e. The van der Waals surface area contributed by atoms with Crippen molar-refractivity contribution >= 4 is 11.9 Å². The average Bonchev–Trinajstić information content (AvgIpc) is 2.70. The number of hydrogen-bond acceptors (Lipinski definition) is 4. The second-order valence-electron chi connectivity index (χ2n) is 6.87. The number of likely N-dealkylation sites (tertiary alicyclic amines) is 1. The SMILES string of the molecule is CCOC(=O)[C@]1(Cc2ccc(F)cc2)CCCN(C(=O)c2ccncc2)C1. The van der Waals surface area contributed by atoms with Gasteiger partial charge in [-0.05, 0) is 56.0 Å². The van der Waals surface area contributed by atoms with Crippen molar-refractivity contribution in [2.24, 2.45) is 5.41 Å². The molecule has 2 heterocycles. The van der Waals surface area contributed by atoms with E-state index >= 15 is 0 Å². The first-order valence-corrected chi connectivity index (χ1v) is 9.15. The number of rotatable bonds is 5. The number of nitrogens with zero attached hydrogens (tertiary/aromatic N) is 2. The van der Waals surface area contributed by atoms with Crippen LogP contribution < -0.4 is 0 Å². The second kappa shape index (κ2) is 8.29. The van der Waals surface area contributed by atoms with Gasteiger partial charge < -0.3 is 9.64 Å². The van der Waals surface area contributed by atoms with Gasteiger partial charge in [0.2, 0.25) is 0 Å². The monoisotopic (exact) mass is 370 g/mol. The van der Waals surface area contributed by atoms with Crippen molar-refractivity contribution in [2.45, 2.75) is 26.2 Å². The molecular formula is C21H23FN2O3. The number of carbonyl (C=O) groups excluding carboxylic acids is 2. The fourth-order valence-electron chi connectivity index (χ4n) is 3.64. The molecule has 1 amide bonds. The van der Waals surface area contributed by atoms with E-state index in [4.69, 9.17) is 4.74 Å². The quantitative estimate of drug-likeness (QED) is 0.758. The highest BCUT2D eigenvalue weighted by Gasteiger charge is 2.44. The molecule has 1 aromatic heterocycles. The lowest BCUT2D eigenvalue weighted by molar-refractivity contribution is -0.158. The molecule has 0 aliphatic carbocycles. The van der Waals surface area contributed by atoms with Gasteiger partial charge in [0.25, 0.3) is 5.91 Å². The first-order chi connectivity index (χ1) is 13.0. The highest BCUT2D eigenvalue weighted by atomic mass is 19.1. The second-order valence-corrected chi connectivity index (χ2v) is 6.87. The number of benzene rings is 1. The Morgan fingerprint density at radius 2 is 1.89 bits per heavy atom. The molecule has 2 aromatic rings. The zero-order chi connectivity index (χ0) is 19.3. The molecule has 1 aliphatic rings. The van der Waals surface area contributed by atoms with Crippen LogP contribution in [0.15, 0.2) is 48.8 Å². The summed E-state index contributed by atoms with van der Waals surface area (Å²) in [6.45, 7) is 2.92. The van der Waals surface area contributed by atoms with Crippen LogP contribution in [0.1, 0.15) is 35.7 Å². The van der Waals surface area contributed by atoms with Crippen molar-refractivity contribution in [3.8, 4) is 0 Å². The van der Waals surface area contributed by atoms with E-state index in [2.05, 4.69) is 4.98 Å². The molecule has 5 nitrogen and oxygen atoms in total. The molecule has 1 aromatic carbocycles. The summed E-state index contributed by atoms with van der Waals surface area (Å²) in [6.07, 6.45) is 4.90. The van der Waals surface area contributed by atoms with Gasteiger partial charge in [-0.15, -0.1) is 0 Å². The van der Waals surface area contributed by atoms with Crippen molar-refractivity contribution < 1.29 is 18.7 Å². The van der Waals surface area contributed by atoms with Crippen LogP contribution in [0.25, 0.3) is 0 Å². The normalized spacial score (nSPS) is 19.6. The van der Waals surface area contributed by atoms with Crippen LogP contribution in [0, 0.1) is 11.2 Å². The maximum Gasteiger partial charge on any atom is 0.314 e. The maximum atomic E-state index is 13.2. The van der Waals surface area contributed by atoms with Crippen molar-refractivity contribution in [3.05, 3.63) is 65.7 Å². The Kier molecular flexibility index (Phi) is 5.84. The summed E-state index contributed by atoms with van der Waals surface area (Å²) in [5.41, 5.74) is 0.573. The number of amides is 1. The van der Waals surface area contributed by atoms with Gasteiger partial charge >= 0.3 is 5.97 Å². The number of pyridine rings is 1. The summed E-state index contributed by atoms with van der Waals surface area (Å²) < 4.78 is 18.6. The van der Waals surface area contributed by atoms with E-state index < -0.39 is 5.41 Å². The summed E-state index contributed by atoms with van der Waals surface area (Å²) in [5.74, 6) is -0.742. The molecule has 6 heteroatoms. The molecular weight excluding hydrogens is 347 g/mol. The van der Waals surface area contributed by atoms with E-state index in [9.17, 15) is 14.0 Å². The molecule has 0 bridgehead atoms. The van der Waals surface area contributed by atoms with Gasteiger partial charge in [-0.3, -0.25) is 14.6 Å². The molecule has 3 rings (SSSR count). The minimum atomic E-state index is -0.825. The maximum absolute atomic E-state index is 13.2. The third kappa shape index (κ3) is 4.32. The van der Waals surface area contributed by atoms with E-state index in [0.29, 0.717) is 31.4 Å². The molecule has 0 spiro atoms. The predicted molar refractivity (Wildman–Crippen MR) is 98.5 cm³/mol. The van der Waals surface area contributed by atoms with Gasteiger partial charge in [-0.1, -0.05) is 12.1 Å². The van der Waals surface area contributed by atoms with E-state index in [-0.39, 0.29) is 30.8 Å². The fourth-order valence-corrected chi connectivity index (χ4v) is 3.64. The lowest BCUT2D eigenvalue weighted by Crippen LogP contribution is -2.51. The highest BCUT2D eigenvalue weighted by molar-refractivity contribution is 5.94. The number of aromatic nitrogens is 1. The van der Waals surface area contributed by atoms with Crippen LogP contribution in [0.3, 0.4) is 0 Å². The van der Waals surface area contributed by atoms with Gasteiger partial charge in [-0.25, -0.2) is 4.39 Å². The van der Waals surface area contributed by atoms with Crippen molar-refractivity contribution in [3.63, 3.8) is 0 Å². The number of piperidine rings is 1. The van der Waals surface area contributed by atoms with Gasteiger partial charge in [0.1, 0.15) is 5.82 Å². The van der Waals surface area contributed by atoms with Crippen molar-refractivity contribution in [1.29, 1.82) is 0 Å². The number of esters is 1. The summed E-state index contributed by atoms with van der Waals surface area (Å²) in [4.78, 5) is 31.4. The van der Waals surface area contributed by atoms with E-state index in [1.807, 2.05) is 0 Å². The molecule has 1 fully saturated rings. The molecule has 27 heavy (non-hydrogen) atoms. The third-order valence-electron chi connectivity index (χ3n) is 4.96. The lowest BCUT2D eigenvalue weighted by Gasteiger charge is -2.41. The van der Waals surface area contributed by atoms with Crippen LogP contribution in [-0.4, -0.2) is 41.5 Å². The standard InChI is InChI=1S/C21H23FN2O3/c1-2-27-20(26)21(14-16-4-6-18(22)7-5-16)10-3-13-24(15-21)19(25)17-8-11-23-12-9-17/h4-9,11-12H,2-3,10,13-15H2,1H3/t21-/m0/s1. The Labute approximate surface area is 158 Å².